The van der Waals surface area contributed by atoms with Gasteiger partial charge in [-0.1, -0.05) is 48.4 Å². The molecular weight excluding hydrogens is 426 g/mol. The number of amides is 1. The predicted molar refractivity (Wildman–Crippen MR) is 131 cm³/mol. The first-order chi connectivity index (χ1) is 16.4. The molecule has 1 fully saturated rings. The van der Waals surface area contributed by atoms with Crippen molar-refractivity contribution in [3.8, 4) is 0 Å². The van der Waals surface area contributed by atoms with Crippen LogP contribution >= 0.6 is 0 Å². The van der Waals surface area contributed by atoms with E-state index in [1.165, 1.54) is 21.4 Å². The second kappa shape index (κ2) is 8.95. The van der Waals surface area contributed by atoms with Crippen molar-refractivity contribution in [3.63, 3.8) is 0 Å². The maximum Gasteiger partial charge on any atom is 0.258 e. The van der Waals surface area contributed by atoms with Crippen LogP contribution in [0.15, 0.2) is 48.5 Å². The van der Waals surface area contributed by atoms with Crippen LogP contribution in [0, 0.1) is 5.92 Å². The van der Waals surface area contributed by atoms with Crippen LogP contribution in [0.2, 0.25) is 0 Å². The number of aliphatic hydroxyl groups is 1. The van der Waals surface area contributed by atoms with Crippen LogP contribution in [-0.4, -0.2) is 36.8 Å². The zero-order chi connectivity index (χ0) is 23.8. The number of fused-ring (bicyclic) bond motifs is 3. The number of nitrogens with one attached hydrogen (secondary N) is 1. The number of carbonyl (C=O) groups is 1. The Hall–Kier alpha value is -3.06. The summed E-state index contributed by atoms with van der Waals surface area (Å²) in [5.74, 6) is 0.534. The Morgan fingerprint density at radius 3 is 2.76 bits per heavy atom. The van der Waals surface area contributed by atoms with E-state index in [9.17, 15) is 9.90 Å². The molecule has 2 N–H and O–H groups in total. The lowest BCUT2D eigenvalue weighted by Gasteiger charge is -2.50. The number of aromatic nitrogens is 4. The summed E-state index contributed by atoms with van der Waals surface area (Å²) in [5.41, 5.74) is 3.96. The Kier molecular flexibility index (Phi) is 5.98. The molecule has 1 amide bonds. The quantitative estimate of drug-likeness (QED) is 0.596. The second-order valence-electron chi connectivity index (χ2n) is 10.1. The molecule has 7 heteroatoms. The highest BCUT2D eigenvalue weighted by Gasteiger charge is 2.50. The van der Waals surface area contributed by atoms with Gasteiger partial charge in [0.15, 0.2) is 0 Å². The number of anilines is 1. The maximum absolute atomic E-state index is 13.0. The minimum absolute atomic E-state index is 0.0306. The van der Waals surface area contributed by atoms with Crippen LogP contribution < -0.4 is 5.32 Å². The molecule has 2 aromatic carbocycles. The molecule has 0 radical (unpaired) electrons. The summed E-state index contributed by atoms with van der Waals surface area (Å²) >= 11 is 0. The zero-order valence-electron chi connectivity index (χ0n) is 20.0. The smallest absolute Gasteiger partial charge is 0.258 e. The molecule has 7 nitrogen and oxygen atoms in total. The van der Waals surface area contributed by atoms with Gasteiger partial charge in [0.1, 0.15) is 0 Å². The summed E-state index contributed by atoms with van der Waals surface area (Å²) in [6.07, 6.45) is 7.47. The van der Waals surface area contributed by atoms with E-state index in [4.69, 9.17) is 0 Å². The highest BCUT2D eigenvalue weighted by Crippen LogP contribution is 2.54. The third kappa shape index (κ3) is 4.13. The van der Waals surface area contributed by atoms with E-state index < -0.39 is 5.60 Å². The first-order valence-corrected chi connectivity index (χ1v) is 12.4. The van der Waals surface area contributed by atoms with Crippen molar-refractivity contribution in [1.82, 2.24) is 20.2 Å². The Bertz CT molecular complexity index is 1180. The van der Waals surface area contributed by atoms with Crippen molar-refractivity contribution in [2.45, 2.75) is 69.3 Å². The van der Waals surface area contributed by atoms with E-state index in [1.807, 2.05) is 6.07 Å². The summed E-state index contributed by atoms with van der Waals surface area (Å²) in [7, 11) is 1.70. The van der Waals surface area contributed by atoms with Gasteiger partial charge in [0.25, 0.3) is 5.91 Å². The Labute approximate surface area is 200 Å². The molecule has 0 bridgehead atoms. The van der Waals surface area contributed by atoms with Gasteiger partial charge in [0.2, 0.25) is 5.95 Å². The molecule has 3 atom stereocenters. The third-order valence-electron chi connectivity index (χ3n) is 8.21. The van der Waals surface area contributed by atoms with Crippen molar-refractivity contribution in [2.24, 2.45) is 13.0 Å². The lowest BCUT2D eigenvalue weighted by molar-refractivity contribution is -0.0497. The molecule has 34 heavy (non-hydrogen) atoms. The van der Waals surface area contributed by atoms with Crippen LogP contribution in [0.25, 0.3) is 0 Å². The van der Waals surface area contributed by atoms with Crippen molar-refractivity contribution in [1.29, 1.82) is 0 Å². The van der Waals surface area contributed by atoms with Crippen LogP contribution in [0.1, 0.15) is 72.5 Å². The van der Waals surface area contributed by atoms with Crippen LogP contribution in [-0.2, 0) is 25.3 Å². The fourth-order valence-electron chi connectivity index (χ4n) is 6.23. The Morgan fingerprint density at radius 2 is 2.03 bits per heavy atom. The predicted octanol–water partition coefficient (Wildman–Crippen LogP) is 4.22. The SMILES string of the molecule is CC[C@@]1(O)CC[C@@]2(Cc3ccccc3)c3ccc(C(=O)Nc4nnnn4C)cc3CCC[C@H]2C1. The lowest BCUT2D eigenvalue weighted by atomic mass is 9.55. The molecule has 1 aromatic heterocycles. The average Bonchev–Trinajstić information content (AvgIpc) is 3.18. The Balaban J connectivity index is 1.53. The second-order valence-corrected chi connectivity index (χ2v) is 10.1. The van der Waals surface area contributed by atoms with E-state index in [0.29, 0.717) is 17.4 Å². The van der Waals surface area contributed by atoms with E-state index in [2.05, 4.69) is 70.2 Å². The number of hydrogen-bond donors (Lipinski definition) is 2. The van der Waals surface area contributed by atoms with Gasteiger partial charge in [-0.2, -0.15) is 0 Å². The monoisotopic (exact) mass is 459 g/mol. The van der Waals surface area contributed by atoms with Crippen molar-refractivity contribution < 1.29 is 9.90 Å². The van der Waals surface area contributed by atoms with Gasteiger partial charge in [-0.05, 0) is 96.5 Å². The fourth-order valence-corrected chi connectivity index (χ4v) is 6.23. The van der Waals surface area contributed by atoms with E-state index >= 15 is 0 Å². The molecule has 3 aromatic rings. The zero-order valence-corrected chi connectivity index (χ0v) is 20.0. The normalized spacial score (nSPS) is 26.3. The van der Waals surface area contributed by atoms with Crippen molar-refractivity contribution in [2.75, 3.05) is 5.32 Å². The van der Waals surface area contributed by atoms with Crippen molar-refractivity contribution >= 4 is 11.9 Å². The van der Waals surface area contributed by atoms with Gasteiger partial charge in [0, 0.05) is 18.0 Å². The lowest BCUT2D eigenvalue weighted by Crippen LogP contribution is -2.48. The van der Waals surface area contributed by atoms with Gasteiger partial charge in [0.05, 0.1) is 5.60 Å². The van der Waals surface area contributed by atoms with E-state index in [0.717, 1.165) is 51.4 Å². The van der Waals surface area contributed by atoms with E-state index in [-0.39, 0.29) is 11.3 Å². The number of carbonyl (C=O) groups excluding carboxylic acids is 1. The molecule has 2 aliphatic rings. The number of nitrogens with zero attached hydrogens (tertiary/aromatic N) is 4. The molecule has 0 aliphatic heterocycles. The first kappa shape index (κ1) is 22.7. The maximum atomic E-state index is 13.0. The van der Waals surface area contributed by atoms with Gasteiger partial charge in [-0.25, -0.2) is 4.68 Å². The molecule has 0 spiro atoms. The molecule has 5 rings (SSSR count). The highest BCUT2D eigenvalue weighted by molar-refractivity contribution is 6.03. The molecule has 1 heterocycles. The van der Waals surface area contributed by atoms with Gasteiger partial charge < -0.3 is 5.11 Å². The number of tetrazole rings is 1. The minimum Gasteiger partial charge on any atom is -0.390 e. The standard InChI is InChI=1S/C27H33N5O2/c1-3-26(34)14-15-27(17-19-8-5-4-6-9-19)22(18-26)11-7-10-20-16-21(12-13-23(20)27)24(33)28-25-29-30-31-32(25)2/h4-6,8-9,12-13,16,22,34H,3,7,10-11,14-15,17-18H2,1-2H3,(H,28,29,31,33)/t22-,26+,27-/m0/s1. The van der Waals surface area contributed by atoms with E-state index in [1.54, 1.807) is 7.05 Å². The number of aryl methyl sites for hydroxylation is 2. The van der Waals surface area contributed by atoms with Gasteiger partial charge in [-0.3, -0.25) is 10.1 Å². The molecule has 0 unspecified atom stereocenters. The number of rotatable bonds is 5. The van der Waals surface area contributed by atoms with Crippen LogP contribution in [0.5, 0.6) is 0 Å². The first-order valence-electron chi connectivity index (χ1n) is 12.4. The largest absolute Gasteiger partial charge is 0.390 e. The summed E-state index contributed by atoms with van der Waals surface area (Å²) in [6, 6.07) is 16.9. The summed E-state index contributed by atoms with van der Waals surface area (Å²) in [6.45, 7) is 2.10. The fraction of sp³-hybridized carbons (Fsp3) is 0.481. The highest BCUT2D eigenvalue weighted by atomic mass is 16.3. The minimum atomic E-state index is -0.570. The average molecular weight is 460 g/mol. The van der Waals surface area contributed by atoms with Crippen LogP contribution in [0.4, 0.5) is 5.95 Å². The third-order valence-corrected chi connectivity index (χ3v) is 8.21. The Morgan fingerprint density at radius 1 is 1.21 bits per heavy atom. The summed E-state index contributed by atoms with van der Waals surface area (Å²) < 4.78 is 1.44. The number of hydrogen-bond acceptors (Lipinski definition) is 5. The summed E-state index contributed by atoms with van der Waals surface area (Å²) in [5, 5.41) is 25.3. The molecule has 0 saturated heterocycles. The van der Waals surface area contributed by atoms with Gasteiger partial charge in [-0.15, -0.1) is 0 Å². The topological polar surface area (TPSA) is 92.9 Å². The van der Waals surface area contributed by atoms with Gasteiger partial charge >= 0.3 is 0 Å². The molecular formula is C27H33N5O2. The molecule has 1 saturated carbocycles. The molecule has 2 aliphatic carbocycles. The molecule has 178 valence electrons. The van der Waals surface area contributed by atoms with Crippen molar-refractivity contribution in [3.05, 3.63) is 70.8 Å². The van der Waals surface area contributed by atoms with Crippen LogP contribution in [0.3, 0.4) is 0 Å². The summed E-state index contributed by atoms with van der Waals surface area (Å²) in [4.78, 5) is 13.0. The number of benzene rings is 2.